The molecule has 2 heterocycles. The van der Waals surface area contributed by atoms with E-state index in [0.717, 1.165) is 9.13 Å². The SMILES string of the molecule is COc1cccc(C)c1C1=NC(=O)c2c(-c3c(I)cccc3OC)[nH]c(O)c21. The maximum atomic E-state index is 12.9. The van der Waals surface area contributed by atoms with Gasteiger partial charge in [0.05, 0.1) is 42.3 Å². The molecule has 0 aliphatic carbocycles. The second-order valence-electron chi connectivity index (χ2n) is 6.33. The number of halogens is 1. The summed E-state index contributed by atoms with van der Waals surface area (Å²) in [6, 6.07) is 11.2. The van der Waals surface area contributed by atoms with E-state index in [4.69, 9.17) is 9.47 Å². The summed E-state index contributed by atoms with van der Waals surface area (Å²) in [6.45, 7) is 1.91. The van der Waals surface area contributed by atoms with Gasteiger partial charge in [-0.3, -0.25) is 4.79 Å². The highest BCUT2D eigenvalue weighted by Gasteiger charge is 2.36. The van der Waals surface area contributed by atoms with Crippen molar-refractivity contribution in [2.24, 2.45) is 4.99 Å². The minimum Gasteiger partial charge on any atom is -0.496 e. The third-order valence-corrected chi connectivity index (χ3v) is 5.68. The Morgan fingerprint density at radius 2 is 1.61 bits per heavy atom. The minimum atomic E-state index is -0.413. The summed E-state index contributed by atoms with van der Waals surface area (Å²) in [5, 5.41) is 10.7. The van der Waals surface area contributed by atoms with E-state index in [-0.39, 0.29) is 5.88 Å². The molecule has 28 heavy (non-hydrogen) atoms. The molecule has 0 atom stereocenters. The first-order valence-corrected chi connectivity index (χ1v) is 9.61. The van der Waals surface area contributed by atoms with Gasteiger partial charge in [0.15, 0.2) is 5.88 Å². The van der Waals surface area contributed by atoms with Crippen LogP contribution in [-0.4, -0.2) is 35.9 Å². The molecular formula is C21H17IN2O4. The van der Waals surface area contributed by atoms with Crippen LogP contribution in [-0.2, 0) is 0 Å². The highest BCUT2D eigenvalue weighted by Crippen LogP contribution is 2.43. The van der Waals surface area contributed by atoms with Crippen molar-refractivity contribution >= 4 is 34.2 Å². The number of rotatable bonds is 4. The molecule has 0 saturated heterocycles. The Morgan fingerprint density at radius 3 is 2.29 bits per heavy atom. The number of aryl methyl sites for hydroxylation is 1. The number of carbonyl (C=O) groups excluding carboxylic acids is 1. The number of aromatic nitrogens is 1. The molecule has 3 aromatic rings. The molecule has 4 rings (SSSR count). The van der Waals surface area contributed by atoms with Crippen LogP contribution in [0.3, 0.4) is 0 Å². The van der Waals surface area contributed by atoms with Gasteiger partial charge in [0.25, 0.3) is 5.91 Å². The number of benzene rings is 2. The Hall–Kier alpha value is -2.81. The number of aromatic amines is 1. The fourth-order valence-electron chi connectivity index (χ4n) is 3.54. The van der Waals surface area contributed by atoms with Crippen LogP contribution in [0, 0.1) is 10.5 Å². The monoisotopic (exact) mass is 488 g/mol. The van der Waals surface area contributed by atoms with Crippen LogP contribution in [0.15, 0.2) is 41.4 Å². The Labute approximate surface area is 175 Å². The van der Waals surface area contributed by atoms with Crippen molar-refractivity contribution in [3.8, 4) is 28.6 Å². The molecule has 2 N–H and O–H groups in total. The van der Waals surface area contributed by atoms with E-state index in [1.165, 1.54) is 0 Å². The molecule has 2 aromatic carbocycles. The number of nitrogens with one attached hydrogen (secondary N) is 1. The molecule has 7 heteroatoms. The Balaban J connectivity index is 1.98. The number of hydrogen-bond donors (Lipinski definition) is 2. The van der Waals surface area contributed by atoms with Crippen molar-refractivity contribution in [2.45, 2.75) is 6.92 Å². The number of aliphatic imine (C=N–C) groups is 1. The highest BCUT2D eigenvalue weighted by atomic mass is 127. The van der Waals surface area contributed by atoms with Crippen LogP contribution in [0.2, 0.25) is 0 Å². The maximum Gasteiger partial charge on any atom is 0.280 e. The first kappa shape index (κ1) is 18.5. The Bertz CT molecular complexity index is 1150. The van der Waals surface area contributed by atoms with Gasteiger partial charge in [0.2, 0.25) is 0 Å². The molecular weight excluding hydrogens is 471 g/mol. The van der Waals surface area contributed by atoms with Crippen molar-refractivity contribution in [2.75, 3.05) is 14.2 Å². The van der Waals surface area contributed by atoms with E-state index in [9.17, 15) is 9.90 Å². The number of ether oxygens (including phenoxy) is 2. The lowest BCUT2D eigenvalue weighted by molar-refractivity contribution is 0.101. The molecule has 0 fully saturated rings. The Kier molecular flexibility index (Phi) is 4.62. The third-order valence-electron chi connectivity index (χ3n) is 4.78. The predicted octanol–water partition coefficient (Wildman–Crippen LogP) is 4.31. The summed E-state index contributed by atoms with van der Waals surface area (Å²) in [5.74, 6) is 0.671. The molecule has 0 spiro atoms. The predicted molar refractivity (Wildman–Crippen MR) is 115 cm³/mol. The van der Waals surface area contributed by atoms with Crippen LogP contribution in [0.25, 0.3) is 11.3 Å². The number of amides is 1. The van der Waals surface area contributed by atoms with Gasteiger partial charge in [-0.2, -0.15) is 0 Å². The summed E-state index contributed by atoms with van der Waals surface area (Å²) >= 11 is 2.18. The van der Waals surface area contributed by atoms with Gasteiger partial charge in [-0.15, -0.1) is 0 Å². The number of H-pyrrole nitrogens is 1. The van der Waals surface area contributed by atoms with Crippen LogP contribution in [0.5, 0.6) is 17.4 Å². The number of fused-ring (bicyclic) bond motifs is 1. The van der Waals surface area contributed by atoms with Crippen LogP contribution in [0.4, 0.5) is 0 Å². The molecule has 1 aliphatic rings. The fraction of sp³-hybridized carbons (Fsp3) is 0.143. The van der Waals surface area contributed by atoms with E-state index in [1.54, 1.807) is 20.3 Å². The van der Waals surface area contributed by atoms with E-state index in [2.05, 4.69) is 32.6 Å². The van der Waals surface area contributed by atoms with Crippen molar-refractivity contribution in [3.63, 3.8) is 0 Å². The topological polar surface area (TPSA) is 83.9 Å². The largest absolute Gasteiger partial charge is 0.496 e. The summed E-state index contributed by atoms with van der Waals surface area (Å²) in [6.07, 6.45) is 0. The van der Waals surface area contributed by atoms with Gasteiger partial charge >= 0.3 is 0 Å². The van der Waals surface area contributed by atoms with E-state index >= 15 is 0 Å². The van der Waals surface area contributed by atoms with Crippen LogP contribution >= 0.6 is 22.6 Å². The lowest BCUT2D eigenvalue weighted by atomic mass is 9.96. The Morgan fingerprint density at radius 1 is 0.964 bits per heavy atom. The maximum absolute atomic E-state index is 12.9. The van der Waals surface area contributed by atoms with Crippen LogP contribution < -0.4 is 9.47 Å². The second-order valence-corrected chi connectivity index (χ2v) is 7.50. The highest BCUT2D eigenvalue weighted by molar-refractivity contribution is 14.1. The van der Waals surface area contributed by atoms with E-state index in [0.29, 0.717) is 45.2 Å². The first-order chi connectivity index (χ1) is 13.5. The summed E-state index contributed by atoms with van der Waals surface area (Å²) in [5.41, 5.74) is 3.91. The fourth-order valence-corrected chi connectivity index (χ4v) is 4.29. The lowest BCUT2D eigenvalue weighted by Crippen LogP contribution is -2.05. The number of methoxy groups -OCH3 is 2. The van der Waals surface area contributed by atoms with Gasteiger partial charge in [0.1, 0.15) is 11.5 Å². The molecule has 1 aromatic heterocycles. The first-order valence-electron chi connectivity index (χ1n) is 8.53. The summed E-state index contributed by atoms with van der Waals surface area (Å²) in [7, 11) is 3.13. The normalized spacial score (nSPS) is 12.7. The van der Waals surface area contributed by atoms with Crippen molar-refractivity contribution < 1.29 is 19.4 Å². The standard InChI is InChI=1S/C21H17IN2O4/c1-10-6-4-8-12(27-2)14(10)18-16-17(21(26)23-18)19(24-20(16)25)15-11(22)7-5-9-13(15)28-3/h4-9,24-25H,1-3H3. The minimum absolute atomic E-state index is 0.110. The zero-order valence-corrected chi connectivity index (χ0v) is 17.6. The molecule has 1 amide bonds. The molecule has 0 radical (unpaired) electrons. The number of nitrogens with zero attached hydrogens (tertiary/aromatic N) is 1. The number of hydrogen-bond acceptors (Lipinski definition) is 4. The third kappa shape index (κ3) is 2.69. The molecule has 0 saturated carbocycles. The lowest BCUT2D eigenvalue weighted by Gasteiger charge is -2.11. The summed E-state index contributed by atoms with van der Waals surface area (Å²) in [4.78, 5) is 20.1. The van der Waals surface area contributed by atoms with Gasteiger partial charge in [-0.1, -0.05) is 18.2 Å². The zero-order chi connectivity index (χ0) is 20.0. The molecule has 0 unspecified atom stereocenters. The smallest absolute Gasteiger partial charge is 0.280 e. The quantitative estimate of drug-likeness (QED) is 0.537. The van der Waals surface area contributed by atoms with E-state index in [1.807, 2.05) is 37.3 Å². The van der Waals surface area contributed by atoms with Gasteiger partial charge < -0.3 is 19.6 Å². The molecule has 1 aliphatic heterocycles. The number of carbonyl (C=O) groups is 1. The van der Waals surface area contributed by atoms with Crippen LogP contribution in [0.1, 0.15) is 27.0 Å². The number of aromatic hydroxyl groups is 1. The molecule has 6 nitrogen and oxygen atoms in total. The average molecular weight is 488 g/mol. The van der Waals surface area contributed by atoms with Gasteiger partial charge in [-0.05, 0) is 53.3 Å². The van der Waals surface area contributed by atoms with Gasteiger partial charge in [-0.25, -0.2) is 4.99 Å². The average Bonchev–Trinajstić information content (AvgIpc) is 3.19. The van der Waals surface area contributed by atoms with Gasteiger partial charge in [0, 0.05) is 9.13 Å². The zero-order valence-electron chi connectivity index (χ0n) is 15.5. The molecule has 0 bridgehead atoms. The summed E-state index contributed by atoms with van der Waals surface area (Å²) < 4.78 is 11.8. The van der Waals surface area contributed by atoms with Crippen molar-refractivity contribution in [1.82, 2.24) is 4.98 Å². The van der Waals surface area contributed by atoms with Crippen molar-refractivity contribution in [3.05, 3.63) is 62.2 Å². The second kappa shape index (κ2) is 6.97. The van der Waals surface area contributed by atoms with E-state index < -0.39 is 5.91 Å². The van der Waals surface area contributed by atoms with Crippen molar-refractivity contribution in [1.29, 1.82) is 0 Å². The molecule has 142 valence electrons.